The third kappa shape index (κ3) is 6.51. The lowest BCUT2D eigenvalue weighted by molar-refractivity contribution is -0.162. The summed E-state index contributed by atoms with van der Waals surface area (Å²) < 4.78 is 37.6. The largest absolute Gasteiger partial charge is 0.406 e. The number of amides is 1. The lowest BCUT2D eigenvalue weighted by Crippen LogP contribution is -2.41. The molecule has 118 valence electrons. The van der Waals surface area contributed by atoms with Gasteiger partial charge in [-0.25, -0.2) is 0 Å². The number of nitrogens with zero attached hydrogens (tertiary/aromatic N) is 1. The summed E-state index contributed by atoms with van der Waals surface area (Å²) in [6, 6.07) is 7.05. The molecule has 1 aromatic rings. The molecule has 0 unspecified atom stereocenters. The number of para-hydroxylation sites is 1. The molecule has 0 atom stereocenters. The molecule has 0 spiro atoms. The summed E-state index contributed by atoms with van der Waals surface area (Å²) in [5, 5.41) is 0. The van der Waals surface area contributed by atoms with Gasteiger partial charge in [0.25, 0.3) is 0 Å². The summed E-state index contributed by atoms with van der Waals surface area (Å²) in [6.07, 6.45) is -4.01. The van der Waals surface area contributed by atoms with E-state index in [-0.39, 0.29) is 18.9 Å². The Morgan fingerprint density at radius 1 is 1.29 bits per heavy atom. The Labute approximate surface area is 122 Å². The van der Waals surface area contributed by atoms with Crippen molar-refractivity contribution >= 4 is 11.6 Å². The first-order valence-electron chi connectivity index (χ1n) is 6.87. The minimum Gasteiger partial charge on any atom is -0.399 e. The zero-order valence-corrected chi connectivity index (χ0v) is 12.3. The third-order valence-electron chi connectivity index (χ3n) is 2.97. The number of carbonyl (C=O) groups is 1. The highest BCUT2D eigenvalue weighted by Gasteiger charge is 2.33. The fraction of sp³-hybridized carbons (Fsp3) is 0.533. The monoisotopic (exact) mass is 302 g/mol. The molecule has 0 aliphatic rings. The van der Waals surface area contributed by atoms with E-state index >= 15 is 0 Å². The van der Waals surface area contributed by atoms with Gasteiger partial charge in [0, 0.05) is 18.7 Å². The molecule has 0 aliphatic carbocycles. The molecule has 2 N–H and O–H groups in total. The predicted molar refractivity (Wildman–Crippen MR) is 76.6 cm³/mol. The molecule has 1 amide bonds. The minimum atomic E-state index is -4.38. The molecule has 0 aliphatic heterocycles. The molecule has 1 aromatic carbocycles. The van der Waals surface area contributed by atoms with Gasteiger partial charge >= 0.3 is 6.18 Å². The van der Waals surface area contributed by atoms with Gasteiger partial charge in [0.1, 0.15) is 6.54 Å². The second-order valence-corrected chi connectivity index (χ2v) is 5.48. The maximum absolute atomic E-state index is 12.5. The van der Waals surface area contributed by atoms with Crippen LogP contribution in [0.4, 0.5) is 18.9 Å². The van der Waals surface area contributed by atoms with Crippen molar-refractivity contribution < 1.29 is 18.0 Å². The van der Waals surface area contributed by atoms with Crippen LogP contribution in [0, 0.1) is 5.92 Å². The average molecular weight is 302 g/mol. The summed E-state index contributed by atoms with van der Waals surface area (Å²) in [6.45, 7) is 2.47. The van der Waals surface area contributed by atoms with Gasteiger partial charge in [-0.3, -0.25) is 4.79 Å². The van der Waals surface area contributed by atoms with Crippen molar-refractivity contribution in [2.75, 3.05) is 18.8 Å². The van der Waals surface area contributed by atoms with Crippen LogP contribution < -0.4 is 5.73 Å². The Bertz CT molecular complexity index is 472. The lowest BCUT2D eigenvalue weighted by Gasteiger charge is -2.25. The van der Waals surface area contributed by atoms with Gasteiger partial charge in [-0.15, -0.1) is 0 Å². The van der Waals surface area contributed by atoms with E-state index < -0.39 is 18.6 Å². The highest BCUT2D eigenvalue weighted by atomic mass is 19.4. The van der Waals surface area contributed by atoms with E-state index in [0.29, 0.717) is 12.1 Å². The second-order valence-electron chi connectivity index (χ2n) is 5.48. The van der Waals surface area contributed by atoms with Gasteiger partial charge in [0.05, 0.1) is 0 Å². The van der Waals surface area contributed by atoms with Crippen molar-refractivity contribution in [2.24, 2.45) is 5.92 Å². The Balaban J connectivity index is 2.66. The van der Waals surface area contributed by atoms with Crippen LogP contribution in [0.1, 0.15) is 25.8 Å². The number of anilines is 1. The standard InChI is InChI=1S/C15H21F3N2O/c1-11(2)9-20(10-15(16,17)18)14(21)8-7-12-5-3-4-6-13(12)19/h3-6,11H,7-10,19H2,1-2H3. The van der Waals surface area contributed by atoms with E-state index in [1.54, 1.807) is 38.1 Å². The zero-order valence-electron chi connectivity index (χ0n) is 12.3. The zero-order chi connectivity index (χ0) is 16.0. The summed E-state index contributed by atoms with van der Waals surface area (Å²) in [4.78, 5) is 12.9. The number of carbonyl (C=O) groups excluding carboxylic acids is 1. The molecule has 0 heterocycles. The predicted octanol–water partition coefficient (Wildman–Crippen LogP) is 3.25. The second kappa shape index (κ2) is 7.33. The van der Waals surface area contributed by atoms with Crippen LogP contribution in [0.5, 0.6) is 0 Å². The van der Waals surface area contributed by atoms with Crippen LogP contribution >= 0.6 is 0 Å². The molecular formula is C15H21F3N2O. The molecule has 21 heavy (non-hydrogen) atoms. The number of aryl methyl sites for hydroxylation is 1. The molecule has 0 aromatic heterocycles. The van der Waals surface area contributed by atoms with Crippen molar-refractivity contribution in [1.29, 1.82) is 0 Å². The first kappa shape index (κ1) is 17.3. The number of halogens is 3. The maximum Gasteiger partial charge on any atom is 0.406 e. The molecule has 0 radical (unpaired) electrons. The number of hydrogen-bond donors (Lipinski definition) is 1. The first-order chi connectivity index (χ1) is 9.69. The number of nitrogens with two attached hydrogens (primary N) is 1. The molecule has 0 saturated heterocycles. The van der Waals surface area contributed by atoms with Gasteiger partial charge in [0.15, 0.2) is 0 Å². The highest BCUT2D eigenvalue weighted by Crippen LogP contribution is 2.19. The fourth-order valence-electron chi connectivity index (χ4n) is 2.07. The Morgan fingerprint density at radius 2 is 1.90 bits per heavy atom. The average Bonchev–Trinajstić information content (AvgIpc) is 2.34. The van der Waals surface area contributed by atoms with Gasteiger partial charge in [-0.1, -0.05) is 32.0 Å². The third-order valence-corrected chi connectivity index (χ3v) is 2.97. The van der Waals surface area contributed by atoms with Crippen molar-refractivity contribution in [3.05, 3.63) is 29.8 Å². The number of rotatable bonds is 6. The van der Waals surface area contributed by atoms with Crippen LogP contribution in [0.15, 0.2) is 24.3 Å². The Kier molecular flexibility index (Phi) is 6.05. The van der Waals surface area contributed by atoms with Gasteiger partial charge in [0.2, 0.25) is 5.91 Å². The normalized spacial score (nSPS) is 11.7. The van der Waals surface area contributed by atoms with Crippen LogP contribution in [0.25, 0.3) is 0 Å². The molecule has 1 rings (SSSR count). The van der Waals surface area contributed by atoms with E-state index in [9.17, 15) is 18.0 Å². The SMILES string of the molecule is CC(C)CN(CC(F)(F)F)C(=O)CCc1ccccc1N. The summed E-state index contributed by atoms with van der Waals surface area (Å²) in [5.41, 5.74) is 7.09. The van der Waals surface area contributed by atoms with Crippen molar-refractivity contribution in [2.45, 2.75) is 32.9 Å². The van der Waals surface area contributed by atoms with Gasteiger partial charge < -0.3 is 10.6 Å². The van der Waals surface area contributed by atoms with E-state index in [1.807, 2.05) is 0 Å². The number of hydrogen-bond acceptors (Lipinski definition) is 2. The molecule has 0 bridgehead atoms. The van der Waals surface area contributed by atoms with E-state index in [4.69, 9.17) is 5.73 Å². The fourth-order valence-corrected chi connectivity index (χ4v) is 2.07. The van der Waals surface area contributed by atoms with Crippen molar-refractivity contribution in [3.63, 3.8) is 0 Å². The number of benzene rings is 1. The maximum atomic E-state index is 12.5. The van der Waals surface area contributed by atoms with E-state index in [1.165, 1.54) is 0 Å². The van der Waals surface area contributed by atoms with Crippen LogP contribution in [0.2, 0.25) is 0 Å². The molecule has 3 nitrogen and oxygen atoms in total. The Morgan fingerprint density at radius 3 is 2.43 bits per heavy atom. The molecule has 0 saturated carbocycles. The summed E-state index contributed by atoms with van der Waals surface area (Å²) >= 11 is 0. The summed E-state index contributed by atoms with van der Waals surface area (Å²) in [5.74, 6) is -0.512. The van der Waals surface area contributed by atoms with E-state index in [0.717, 1.165) is 10.5 Å². The smallest absolute Gasteiger partial charge is 0.399 e. The van der Waals surface area contributed by atoms with Gasteiger partial charge in [-0.2, -0.15) is 13.2 Å². The quantitative estimate of drug-likeness (QED) is 0.820. The van der Waals surface area contributed by atoms with Crippen molar-refractivity contribution in [1.82, 2.24) is 4.90 Å². The molecule has 0 fully saturated rings. The lowest BCUT2D eigenvalue weighted by atomic mass is 10.1. The van der Waals surface area contributed by atoms with Crippen LogP contribution in [-0.4, -0.2) is 30.1 Å². The topological polar surface area (TPSA) is 46.3 Å². The van der Waals surface area contributed by atoms with Crippen LogP contribution in [-0.2, 0) is 11.2 Å². The first-order valence-corrected chi connectivity index (χ1v) is 6.87. The summed E-state index contributed by atoms with van der Waals surface area (Å²) in [7, 11) is 0. The number of nitrogen functional groups attached to an aromatic ring is 1. The van der Waals surface area contributed by atoms with Gasteiger partial charge in [-0.05, 0) is 24.0 Å². The molecular weight excluding hydrogens is 281 g/mol. The minimum absolute atomic E-state index is 0.0157. The van der Waals surface area contributed by atoms with Crippen LogP contribution in [0.3, 0.4) is 0 Å². The van der Waals surface area contributed by atoms with E-state index in [2.05, 4.69) is 0 Å². The van der Waals surface area contributed by atoms with Crippen molar-refractivity contribution in [3.8, 4) is 0 Å². The highest BCUT2D eigenvalue weighted by molar-refractivity contribution is 5.76. The Hall–Kier alpha value is -1.72. The molecule has 6 heteroatoms. The number of alkyl halides is 3.